The van der Waals surface area contributed by atoms with Gasteiger partial charge in [0, 0.05) is 60.7 Å². The molecule has 1 fully saturated rings. The predicted octanol–water partition coefficient (Wildman–Crippen LogP) is 3.33. The second kappa shape index (κ2) is 8.94. The van der Waals surface area contributed by atoms with E-state index in [2.05, 4.69) is 4.98 Å². The molecule has 1 aromatic carbocycles. The summed E-state index contributed by atoms with van der Waals surface area (Å²) in [6.07, 6.45) is -1.26. The molecule has 1 aromatic heterocycles. The van der Waals surface area contributed by atoms with Gasteiger partial charge in [-0.3, -0.25) is 9.00 Å². The van der Waals surface area contributed by atoms with Crippen LogP contribution in [0.1, 0.15) is 27.9 Å². The average molecular weight is 425 g/mol. The van der Waals surface area contributed by atoms with Gasteiger partial charge >= 0.3 is 6.18 Å². The number of hydrogen-bond acceptors (Lipinski definition) is 4. The molecule has 0 aliphatic carbocycles. The Labute approximate surface area is 170 Å². The van der Waals surface area contributed by atoms with Crippen LogP contribution in [0, 0.1) is 0 Å². The molecular weight excluding hydrogens is 403 g/mol. The number of alkyl halides is 3. The molecule has 1 unspecified atom stereocenters. The number of anilines is 1. The van der Waals surface area contributed by atoms with Crippen molar-refractivity contribution in [2.24, 2.45) is 0 Å². The van der Waals surface area contributed by atoms with E-state index in [1.54, 1.807) is 29.4 Å². The van der Waals surface area contributed by atoms with Gasteiger partial charge in [-0.2, -0.15) is 13.2 Å². The Kier molecular flexibility index (Phi) is 6.56. The van der Waals surface area contributed by atoms with Crippen LogP contribution < -0.4 is 4.90 Å². The number of carbonyl (C=O) groups is 1. The number of carbonyl (C=O) groups excluding carboxylic acids is 1. The summed E-state index contributed by atoms with van der Waals surface area (Å²) in [6, 6.07) is 9.53. The molecule has 2 aromatic rings. The van der Waals surface area contributed by atoms with Gasteiger partial charge in [0.05, 0.1) is 5.56 Å². The molecule has 5 nitrogen and oxygen atoms in total. The Morgan fingerprint density at radius 2 is 1.93 bits per heavy atom. The first-order chi connectivity index (χ1) is 13.7. The topological polar surface area (TPSA) is 53.5 Å². The van der Waals surface area contributed by atoms with Crippen molar-refractivity contribution in [1.29, 1.82) is 0 Å². The fourth-order valence-corrected chi connectivity index (χ4v) is 3.95. The number of nitrogens with zero attached hydrogens (tertiary/aromatic N) is 3. The van der Waals surface area contributed by atoms with Crippen molar-refractivity contribution in [3.05, 3.63) is 59.3 Å². The van der Waals surface area contributed by atoms with Crippen LogP contribution in [0.2, 0.25) is 0 Å². The monoisotopic (exact) mass is 425 g/mol. The molecule has 3 rings (SSSR count). The van der Waals surface area contributed by atoms with Gasteiger partial charge in [-0.25, -0.2) is 4.98 Å². The Morgan fingerprint density at radius 3 is 2.59 bits per heavy atom. The number of hydrogen-bond donors (Lipinski definition) is 0. The van der Waals surface area contributed by atoms with Gasteiger partial charge in [0.1, 0.15) is 5.82 Å². The Morgan fingerprint density at radius 1 is 1.14 bits per heavy atom. The molecule has 1 saturated heterocycles. The summed E-state index contributed by atoms with van der Waals surface area (Å²) in [5.74, 6) is 0.768. The van der Waals surface area contributed by atoms with Crippen molar-refractivity contribution in [3.63, 3.8) is 0 Å². The minimum atomic E-state index is -4.41. The smallest absolute Gasteiger partial charge is 0.355 e. The summed E-state index contributed by atoms with van der Waals surface area (Å²) in [7, 11) is -0.988. The Bertz CT molecular complexity index is 887. The molecule has 0 N–H and O–H groups in total. The number of rotatable bonds is 4. The first kappa shape index (κ1) is 21.3. The zero-order valence-corrected chi connectivity index (χ0v) is 16.8. The number of aromatic nitrogens is 1. The Balaban J connectivity index is 1.66. The van der Waals surface area contributed by atoms with Gasteiger partial charge in [-0.1, -0.05) is 12.1 Å². The van der Waals surface area contributed by atoms with E-state index >= 15 is 0 Å². The number of benzene rings is 1. The van der Waals surface area contributed by atoms with Crippen molar-refractivity contribution in [3.8, 4) is 0 Å². The van der Waals surface area contributed by atoms with Crippen molar-refractivity contribution in [2.75, 3.05) is 37.3 Å². The molecular formula is C20H22F3N3O2S. The lowest BCUT2D eigenvalue weighted by molar-refractivity contribution is -0.137. The van der Waals surface area contributed by atoms with Gasteiger partial charge in [-0.15, -0.1) is 0 Å². The zero-order valence-electron chi connectivity index (χ0n) is 16.0. The molecule has 156 valence electrons. The highest BCUT2D eigenvalue weighted by Crippen LogP contribution is 2.29. The van der Waals surface area contributed by atoms with Crippen LogP contribution in [0.5, 0.6) is 0 Å². The van der Waals surface area contributed by atoms with E-state index in [-0.39, 0.29) is 5.91 Å². The van der Waals surface area contributed by atoms with E-state index in [0.717, 1.165) is 17.8 Å². The van der Waals surface area contributed by atoms with E-state index in [1.165, 1.54) is 6.07 Å². The third kappa shape index (κ3) is 5.56. The first-order valence-corrected chi connectivity index (χ1v) is 10.9. The van der Waals surface area contributed by atoms with Gasteiger partial charge in [-0.05, 0) is 36.2 Å². The molecule has 0 radical (unpaired) electrons. The highest BCUT2D eigenvalue weighted by Gasteiger charge is 2.31. The molecule has 1 amide bonds. The lowest BCUT2D eigenvalue weighted by atomic mass is 10.1. The quantitative estimate of drug-likeness (QED) is 0.754. The minimum absolute atomic E-state index is 0.101. The third-order valence-electron chi connectivity index (χ3n) is 4.73. The normalized spacial score (nSPS) is 16.4. The van der Waals surface area contributed by atoms with E-state index < -0.39 is 22.5 Å². The maximum absolute atomic E-state index is 12.9. The summed E-state index contributed by atoms with van der Waals surface area (Å²) in [5, 5.41) is 0. The van der Waals surface area contributed by atoms with Crippen LogP contribution in [0.4, 0.5) is 19.0 Å². The molecule has 9 heteroatoms. The van der Waals surface area contributed by atoms with E-state index in [9.17, 15) is 22.2 Å². The molecule has 0 saturated carbocycles. The molecule has 1 aliphatic rings. The van der Waals surface area contributed by atoms with Crippen molar-refractivity contribution in [1.82, 2.24) is 9.88 Å². The second-order valence-electron chi connectivity index (χ2n) is 6.95. The van der Waals surface area contributed by atoms with Gasteiger partial charge in [0.15, 0.2) is 0 Å². The van der Waals surface area contributed by atoms with Gasteiger partial charge in [0.25, 0.3) is 5.91 Å². The minimum Gasteiger partial charge on any atom is -0.355 e. The molecule has 0 bridgehead atoms. The maximum Gasteiger partial charge on any atom is 0.417 e. The molecule has 0 spiro atoms. The van der Waals surface area contributed by atoms with Crippen LogP contribution in [0.15, 0.2) is 42.6 Å². The second-order valence-corrected chi connectivity index (χ2v) is 8.39. The number of halogens is 3. The van der Waals surface area contributed by atoms with Crippen LogP contribution >= 0.6 is 0 Å². The Hall–Kier alpha value is -2.42. The molecule has 1 aliphatic heterocycles. The highest BCUT2D eigenvalue weighted by molar-refractivity contribution is 7.83. The van der Waals surface area contributed by atoms with Crippen molar-refractivity contribution in [2.45, 2.75) is 18.3 Å². The first-order valence-electron chi connectivity index (χ1n) is 9.20. The average Bonchev–Trinajstić information content (AvgIpc) is 2.93. The van der Waals surface area contributed by atoms with Gasteiger partial charge < -0.3 is 9.80 Å². The van der Waals surface area contributed by atoms with Gasteiger partial charge in [0.2, 0.25) is 0 Å². The molecule has 2 heterocycles. The predicted molar refractivity (Wildman–Crippen MR) is 106 cm³/mol. The van der Waals surface area contributed by atoms with Crippen molar-refractivity contribution < 1.29 is 22.2 Å². The maximum atomic E-state index is 12.9. The van der Waals surface area contributed by atoms with Crippen LogP contribution in [-0.4, -0.2) is 52.4 Å². The molecule has 1 atom stereocenters. The lowest BCUT2D eigenvalue weighted by Gasteiger charge is -2.23. The van der Waals surface area contributed by atoms with Crippen molar-refractivity contribution >= 4 is 22.5 Å². The van der Waals surface area contributed by atoms with Crippen LogP contribution in [0.3, 0.4) is 0 Å². The fraction of sp³-hybridized carbons (Fsp3) is 0.400. The summed E-state index contributed by atoms with van der Waals surface area (Å²) in [5.41, 5.74) is 0.622. The standard InChI is InChI=1S/C20H22F3N3O2S/c1-29(28)14-15-4-2-5-16(12-15)19(27)26-9-3-8-25(10-11-26)18-7-6-17(13-24-18)20(21,22)23/h2,4-7,12-13H,3,8-11,14H2,1H3. The van der Waals surface area contributed by atoms with E-state index in [1.807, 2.05) is 11.0 Å². The third-order valence-corrected chi connectivity index (χ3v) is 5.47. The summed E-state index contributed by atoms with van der Waals surface area (Å²) in [6.45, 7) is 2.10. The summed E-state index contributed by atoms with van der Waals surface area (Å²) in [4.78, 5) is 20.5. The summed E-state index contributed by atoms with van der Waals surface area (Å²) < 4.78 is 49.6. The fourth-order valence-electron chi connectivity index (χ4n) is 3.30. The largest absolute Gasteiger partial charge is 0.417 e. The van der Waals surface area contributed by atoms with E-state index in [4.69, 9.17) is 0 Å². The highest BCUT2D eigenvalue weighted by atomic mass is 32.2. The number of pyridine rings is 1. The SMILES string of the molecule is CS(=O)Cc1cccc(C(=O)N2CCCN(c3ccc(C(F)(F)F)cn3)CC2)c1. The number of amides is 1. The zero-order chi connectivity index (χ0) is 21.0. The van der Waals surface area contributed by atoms with Crippen LogP contribution in [-0.2, 0) is 22.7 Å². The summed E-state index contributed by atoms with van der Waals surface area (Å²) >= 11 is 0. The van der Waals surface area contributed by atoms with Crippen LogP contribution in [0.25, 0.3) is 0 Å². The molecule has 29 heavy (non-hydrogen) atoms. The van der Waals surface area contributed by atoms with E-state index in [0.29, 0.717) is 49.7 Å². The lowest BCUT2D eigenvalue weighted by Crippen LogP contribution is -2.35.